The highest BCUT2D eigenvalue weighted by molar-refractivity contribution is 7.93. The summed E-state index contributed by atoms with van der Waals surface area (Å²) in [6, 6.07) is 26.5. The number of thiazole rings is 1. The van der Waals surface area contributed by atoms with Crippen LogP contribution in [0.25, 0.3) is 31.9 Å². The van der Waals surface area contributed by atoms with E-state index < -0.39 is 10.0 Å². The highest BCUT2D eigenvalue weighted by Gasteiger charge is 2.20. The van der Waals surface area contributed by atoms with Crippen molar-refractivity contribution in [2.45, 2.75) is 4.90 Å². The number of nitrogens with zero attached hydrogens (tertiary/aromatic N) is 1. The lowest BCUT2D eigenvalue weighted by atomic mass is 10.1. The summed E-state index contributed by atoms with van der Waals surface area (Å²) in [5, 5.41) is 3.24. The lowest BCUT2D eigenvalue weighted by Gasteiger charge is -2.09. The fraction of sp³-hybridized carbons (Fsp3) is 0. The molecule has 0 atom stereocenters. The summed E-state index contributed by atoms with van der Waals surface area (Å²) in [4.78, 5) is 4.89. The molecule has 0 saturated heterocycles. The van der Waals surface area contributed by atoms with E-state index in [2.05, 4.69) is 9.71 Å². The molecular weight excluding hydrogens is 432 g/mol. The number of aromatic nitrogens is 1. The van der Waals surface area contributed by atoms with Crippen LogP contribution in [0.5, 0.6) is 0 Å². The van der Waals surface area contributed by atoms with Gasteiger partial charge in [0, 0.05) is 5.56 Å². The van der Waals surface area contributed by atoms with Gasteiger partial charge in [-0.25, -0.2) is 13.4 Å². The average Bonchev–Trinajstić information content (AvgIpc) is 3.40. The van der Waals surface area contributed by atoms with E-state index in [1.807, 2.05) is 72.1 Å². The van der Waals surface area contributed by atoms with Crippen molar-refractivity contribution in [3.8, 4) is 21.7 Å². The number of rotatable bonds is 5. The van der Waals surface area contributed by atoms with E-state index in [1.165, 1.54) is 11.3 Å². The maximum Gasteiger partial charge on any atom is 0.262 e. The molecule has 2 heterocycles. The fourth-order valence-corrected chi connectivity index (χ4v) is 6.43. The standard InChI is InChI=1S/C23H16N2O2S3/c26-30(27,18-10-6-9-17(15-18)16-7-2-1-3-8-16)25-23-19(13-14-28-23)22-24-20-11-4-5-12-21(20)29-22/h1-15,25H. The molecule has 0 radical (unpaired) electrons. The van der Waals surface area contributed by atoms with Crippen LogP contribution >= 0.6 is 22.7 Å². The molecule has 7 heteroatoms. The fourth-order valence-electron chi connectivity index (χ4n) is 3.20. The topological polar surface area (TPSA) is 59.1 Å². The summed E-state index contributed by atoms with van der Waals surface area (Å²) in [6.45, 7) is 0. The molecule has 0 aliphatic heterocycles. The molecule has 30 heavy (non-hydrogen) atoms. The second kappa shape index (κ2) is 7.68. The normalized spacial score (nSPS) is 11.6. The first kappa shape index (κ1) is 19.0. The Hall–Kier alpha value is -3.00. The quantitative estimate of drug-likeness (QED) is 0.334. The Morgan fingerprint density at radius 3 is 2.40 bits per heavy atom. The molecule has 0 aliphatic rings. The zero-order valence-electron chi connectivity index (χ0n) is 15.6. The van der Waals surface area contributed by atoms with Gasteiger partial charge in [-0.1, -0.05) is 54.6 Å². The summed E-state index contributed by atoms with van der Waals surface area (Å²) < 4.78 is 30.1. The number of nitrogens with one attached hydrogen (secondary N) is 1. The molecule has 5 aromatic rings. The first-order chi connectivity index (χ1) is 14.6. The molecular formula is C23H16N2O2S3. The molecule has 0 fully saturated rings. The van der Waals surface area contributed by atoms with Gasteiger partial charge in [-0.2, -0.15) is 0 Å². The van der Waals surface area contributed by atoms with Gasteiger partial charge in [0.25, 0.3) is 10.0 Å². The van der Waals surface area contributed by atoms with E-state index in [-0.39, 0.29) is 4.90 Å². The Balaban J connectivity index is 1.49. The first-order valence-electron chi connectivity index (χ1n) is 9.22. The number of thiophene rings is 1. The van der Waals surface area contributed by atoms with Gasteiger partial charge >= 0.3 is 0 Å². The molecule has 4 nitrogen and oxygen atoms in total. The Kier molecular flexibility index (Phi) is 4.86. The van der Waals surface area contributed by atoms with Crippen LogP contribution in [0.1, 0.15) is 0 Å². The Bertz CT molecular complexity index is 1400. The number of hydrogen-bond acceptors (Lipinski definition) is 5. The van der Waals surface area contributed by atoms with Crippen molar-refractivity contribution in [2.75, 3.05) is 4.72 Å². The minimum absolute atomic E-state index is 0.229. The average molecular weight is 449 g/mol. The molecule has 1 N–H and O–H groups in total. The van der Waals surface area contributed by atoms with Gasteiger partial charge in [-0.15, -0.1) is 22.7 Å². The van der Waals surface area contributed by atoms with Crippen molar-refractivity contribution in [1.29, 1.82) is 0 Å². The van der Waals surface area contributed by atoms with Crippen molar-refractivity contribution in [3.05, 3.63) is 90.3 Å². The Morgan fingerprint density at radius 1 is 0.800 bits per heavy atom. The monoisotopic (exact) mass is 448 g/mol. The van der Waals surface area contributed by atoms with Gasteiger partial charge < -0.3 is 0 Å². The maximum atomic E-state index is 13.1. The molecule has 0 amide bonds. The van der Waals surface area contributed by atoms with Gasteiger partial charge in [0.05, 0.1) is 15.1 Å². The van der Waals surface area contributed by atoms with Crippen molar-refractivity contribution in [1.82, 2.24) is 4.98 Å². The van der Waals surface area contributed by atoms with Crippen LogP contribution in [0.3, 0.4) is 0 Å². The minimum atomic E-state index is -3.74. The largest absolute Gasteiger partial charge is 0.270 e. The molecule has 5 rings (SSSR count). The number of sulfonamides is 1. The van der Waals surface area contributed by atoms with Crippen LogP contribution in [0.15, 0.2) is 95.2 Å². The van der Waals surface area contributed by atoms with Crippen molar-refractivity contribution in [3.63, 3.8) is 0 Å². The molecule has 148 valence electrons. The van der Waals surface area contributed by atoms with Crippen LogP contribution in [0, 0.1) is 0 Å². The molecule has 2 aromatic heterocycles. The molecule has 0 aliphatic carbocycles. The van der Waals surface area contributed by atoms with Gasteiger partial charge in [-0.3, -0.25) is 4.72 Å². The van der Waals surface area contributed by atoms with Gasteiger partial charge in [0.1, 0.15) is 10.0 Å². The predicted molar refractivity (Wildman–Crippen MR) is 126 cm³/mol. The van der Waals surface area contributed by atoms with Crippen LogP contribution < -0.4 is 4.72 Å². The van der Waals surface area contributed by atoms with E-state index in [0.717, 1.165) is 31.9 Å². The van der Waals surface area contributed by atoms with E-state index in [1.54, 1.807) is 29.5 Å². The van der Waals surface area contributed by atoms with Gasteiger partial charge in [0.15, 0.2) is 0 Å². The highest BCUT2D eigenvalue weighted by atomic mass is 32.2. The second-order valence-corrected chi connectivity index (χ2v) is 10.3. The molecule has 0 bridgehead atoms. The first-order valence-corrected chi connectivity index (χ1v) is 12.4. The van der Waals surface area contributed by atoms with Crippen LogP contribution in [-0.4, -0.2) is 13.4 Å². The lowest BCUT2D eigenvalue weighted by Crippen LogP contribution is -2.12. The zero-order chi connectivity index (χ0) is 20.6. The minimum Gasteiger partial charge on any atom is -0.270 e. The number of para-hydroxylation sites is 1. The van der Waals surface area contributed by atoms with E-state index in [4.69, 9.17) is 0 Å². The van der Waals surface area contributed by atoms with Crippen LogP contribution in [0.4, 0.5) is 5.00 Å². The third-order valence-electron chi connectivity index (χ3n) is 4.67. The van der Waals surface area contributed by atoms with Crippen LogP contribution in [-0.2, 0) is 10.0 Å². The van der Waals surface area contributed by atoms with Crippen molar-refractivity contribution in [2.24, 2.45) is 0 Å². The maximum absolute atomic E-state index is 13.1. The zero-order valence-corrected chi connectivity index (χ0v) is 18.1. The smallest absolute Gasteiger partial charge is 0.262 e. The Labute approximate surface area is 182 Å². The van der Waals surface area contributed by atoms with Crippen LogP contribution in [0.2, 0.25) is 0 Å². The number of hydrogen-bond donors (Lipinski definition) is 1. The number of benzene rings is 3. The summed E-state index contributed by atoms with van der Waals surface area (Å²) in [7, 11) is -3.74. The molecule has 0 saturated carbocycles. The SMILES string of the molecule is O=S(=O)(Nc1sccc1-c1nc2ccccc2s1)c1cccc(-c2ccccc2)c1. The summed E-state index contributed by atoms with van der Waals surface area (Å²) in [5.74, 6) is 0. The van der Waals surface area contributed by atoms with Gasteiger partial charge in [0.2, 0.25) is 0 Å². The molecule has 0 spiro atoms. The van der Waals surface area contributed by atoms with Gasteiger partial charge in [-0.05, 0) is 46.8 Å². The highest BCUT2D eigenvalue weighted by Crippen LogP contribution is 2.38. The number of fused-ring (bicyclic) bond motifs is 1. The van der Waals surface area contributed by atoms with Crippen molar-refractivity contribution >= 4 is 47.9 Å². The number of anilines is 1. The summed E-state index contributed by atoms with van der Waals surface area (Å²) in [5.41, 5.74) is 3.54. The molecule has 3 aromatic carbocycles. The molecule has 0 unspecified atom stereocenters. The van der Waals surface area contributed by atoms with E-state index in [9.17, 15) is 8.42 Å². The predicted octanol–water partition coefficient (Wildman–Crippen LogP) is 6.49. The lowest BCUT2D eigenvalue weighted by molar-refractivity contribution is 0.601. The third-order valence-corrected chi connectivity index (χ3v) is 8.04. The Morgan fingerprint density at radius 2 is 1.57 bits per heavy atom. The summed E-state index contributed by atoms with van der Waals surface area (Å²) in [6.07, 6.45) is 0. The third kappa shape index (κ3) is 3.63. The van der Waals surface area contributed by atoms with E-state index in [0.29, 0.717) is 5.00 Å². The second-order valence-electron chi connectivity index (χ2n) is 6.65. The summed E-state index contributed by atoms with van der Waals surface area (Å²) >= 11 is 2.90. The van der Waals surface area contributed by atoms with Crippen molar-refractivity contribution < 1.29 is 8.42 Å². The van der Waals surface area contributed by atoms with E-state index >= 15 is 0 Å².